The highest BCUT2D eigenvalue weighted by Crippen LogP contribution is 2.44. The van der Waals surface area contributed by atoms with Crippen LogP contribution in [0.5, 0.6) is 5.75 Å². The molecular formula is C29H29N5O2S. The van der Waals surface area contributed by atoms with E-state index in [0.717, 1.165) is 45.5 Å². The van der Waals surface area contributed by atoms with Crippen molar-refractivity contribution in [2.24, 2.45) is 0 Å². The molecule has 1 aliphatic rings. The lowest BCUT2D eigenvalue weighted by atomic mass is 9.96. The molecule has 1 saturated heterocycles. The van der Waals surface area contributed by atoms with Gasteiger partial charge in [-0.05, 0) is 98.4 Å². The maximum Gasteiger partial charge on any atom is 0.221 e. The lowest BCUT2D eigenvalue weighted by molar-refractivity contribution is -0.114. The molecule has 37 heavy (non-hydrogen) atoms. The Morgan fingerprint density at radius 3 is 2.35 bits per heavy atom. The molecule has 7 nitrogen and oxygen atoms in total. The Morgan fingerprint density at radius 1 is 1.03 bits per heavy atom. The molecule has 0 aliphatic carbocycles. The summed E-state index contributed by atoms with van der Waals surface area (Å²) in [4.78, 5) is 18.3. The second-order valence-corrected chi connectivity index (χ2v) is 9.47. The highest BCUT2D eigenvalue weighted by molar-refractivity contribution is 7.80. The number of pyridine rings is 1. The molecule has 8 heteroatoms. The number of aromatic nitrogens is 2. The van der Waals surface area contributed by atoms with Crippen molar-refractivity contribution >= 4 is 34.6 Å². The lowest BCUT2D eigenvalue weighted by Crippen LogP contribution is -2.29. The van der Waals surface area contributed by atoms with Crippen LogP contribution >= 0.6 is 12.2 Å². The van der Waals surface area contributed by atoms with E-state index in [2.05, 4.69) is 57.1 Å². The fourth-order valence-electron chi connectivity index (χ4n) is 5.07. The van der Waals surface area contributed by atoms with E-state index in [0.29, 0.717) is 5.11 Å². The minimum absolute atomic E-state index is 0.106. The molecular weight excluding hydrogens is 482 g/mol. The molecule has 1 amide bonds. The normalized spacial score (nSPS) is 17.0. The smallest absolute Gasteiger partial charge is 0.221 e. The standard InChI is InChI=1S/C29H29N5O2S/c1-18-17-25(19(2)33(18)22-12-14-24(36-4)15-13-22)28-27(26-7-5-6-16-30-26)32-29(37)34(28)23-10-8-21(9-11-23)31-20(3)35/h5-17,27-28H,1-4H3,(H,31,35)(H,32,37)/t27-,28+/m0/s1. The molecule has 2 aromatic heterocycles. The van der Waals surface area contributed by atoms with Gasteiger partial charge < -0.3 is 24.8 Å². The Balaban J connectivity index is 1.61. The first kappa shape index (κ1) is 24.5. The van der Waals surface area contributed by atoms with Crippen LogP contribution in [0.25, 0.3) is 5.69 Å². The first-order valence-electron chi connectivity index (χ1n) is 12.1. The third-order valence-corrected chi connectivity index (χ3v) is 7.00. The van der Waals surface area contributed by atoms with E-state index >= 15 is 0 Å². The molecule has 5 rings (SSSR count). The van der Waals surface area contributed by atoms with Crippen LogP contribution in [0.4, 0.5) is 11.4 Å². The fourth-order valence-corrected chi connectivity index (χ4v) is 5.42. The zero-order valence-electron chi connectivity index (χ0n) is 21.2. The van der Waals surface area contributed by atoms with Crippen LogP contribution in [-0.2, 0) is 4.79 Å². The van der Waals surface area contributed by atoms with Gasteiger partial charge in [-0.2, -0.15) is 0 Å². The number of rotatable bonds is 6. The van der Waals surface area contributed by atoms with Crippen molar-refractivity contribution in [2.75, 3.05) is 17.3 Å². The van der Waals surface area contributed by atoms with E-state index in [1.54, 1.807) is 7.11 Å². The highest BCUT2D eigenvalue weighted by Gasteiger charge is 2.42. The van der Waals surface area contributed by atoms with E-state index in [1.165, 1.54) is 6.92 Å². The van der Waals surface area contributed by atoms with E-state index in [9.17, 15) is 4.79 Å². The average Bonchev–Trinajstić information content (AvgIpc) is 3.39. The van der Waals surface area contributed by atoms with Gasteiger partial charge in [0.05, 0.1) is 24.9 Å². The number of nitrogens with zero attached hydrogens (tertiary/aromatic N) is 3. The molecule has 188 valence electrons. The zero-order chi connectivity index (χ0) is 26.1. The van der Waals surface area contributed by atoms with Gasteiger partial charge >= 0.3 is 0 Å². The van der Waals surface area contributed by atoms with E-state index in [-0.39, 0.29) is 18.0 Å². The second-order valence-electron chi connectivity index (χ2n) is 9.08. The summed E-state index contributed by atoms with van der Waals surface area (Å²) in [6, 6.07) is 23.7. The number of anilines is 2. The minimum atomic E-state index is -0.145. The van der Waals surface area contributed by atoms with E-state index in [1.807, 2.05) is 60.8 Å². The van der Waals surface area contributed by atoms with Crippen molar-refractivity contribution < 1.29 is 9.53 Å². The molecule has 0 bridgehead atoms. The Hall–Kier alpha value is -4.17. The van der Waals surface area contributed by atoms with Gasteiger partial charge in [-0.1, -0.05) is 6.07 Å². The van der Waals surface area contributed by atoms with Gasteiger partial charge in [-0.15, -0.1) is 0 Å². The minimum Gasteiger partial charge on any atom is -0.497 e. The summed E-state index contributed by atoms with van der Waals surface area (Å²) in [5.74, 6) is 0.714. The number of nitrogens with one attached hydrogen (secondary N) is 2. The summed E-state index contributed by atoms with van der Waals surface area (Å²) in [6.45, 7) is 5.75. The van der Waals surface area contributed by atoms with Gasteiger partial charge in [-0.3, -0.25) is 9.78 Å². The van der Waals surface area contributed by atoms with E-state index in [4.69, 9.17) is 17.0 Å². The average molecular weight is 512 g/mol. The maximum absolute atomic E-state index is 11.5. The van der Waals surface area contributed by atoms with Crippen molar-refractivity contribution in [1.82, 2.24) is 14.9 Å². The van der Waals surface area contributed by atoms with Crippen LogP contribution in [0.1, 0.15) is 41.7 Å². The molecule has 3 heterocycles. The molecule has 2 atom stereocenters. The zero-order valence-corrected chi connectivity index (χ0v) is 22.0. The number of methoxy groups -OCH3 is 1. The molecule has 2 aromatic carbocycles. The van der Waals surface area contributed by atoms with E-state index < -0.39 is 0 Å². The SMILES string of the molecule is COc1ccc(-n2c(C)cc([C@@H]3[C@H](c4ccccn4)NC(=S)N3c3ccc(NC(C)=O)cc3)c2C)cc1. The van der Waals surface area contributed by atoms with Gasteiger partial charge in [0.25, 0.3) is 0 Å². The number of carbonyl (C=O) groups is 1. The van der Waals surface area contributed by atoms with Crippen molar-refractivity contribution in [2.45, 2.75) is 32.9 Å². The van der Waals surface area contributed by atoms with Crippen molar-refractivity contribution in [3.8, 4) is 11.4 Å². The number of thiocarbonyl (C=S) groups is 1. The van der Waals surface area contributed by atoms with Gasteiger partial charge in [0.1, 0.15) is 5.75 Å². The third kappa shape index (κ3) is 4.68. The molecule has 0 spiro atoms. The topological polar surface area (TPSA) is 71.4 Å². The summed E-state index contributed by atoms with van der Waals surface area (Å²) in [5.41, 5.74) is 7.06. The highest BCUT2D eigenvalue weighted by atomic mass is 32.1. The number of hydrogen-bond donors (Lipinski definition) is 2. The Morgan fingerprint density at radius 2 is 1.73 bits per heavy atom. The van der Waals surface area contributed by atoms with Crippen molar-refractivity contribution in [1.29, 1.82) is 0 Å². The van der Waals surface area contributed by atoms with Crippen LogP contribution in [0.2, 0.25) is 0 Å². The lowest BCUT2D eigenvalue weighted by Gasteiger charge is -2.28. The maximum atomic E-state index is 11.5. The summed E-state index contributed by atoms with van der Waals surface area (Å²) in [6.07, 6.45) is 1.81. The molecule has 2 N–H and O–H groups in total. The molecule has 0 radical (unpaired) electrons. The predicted octanol–water partition coefficient (Wildman–Crippen LogP) is 5.63. The van der Waals surface area contributed by atoms with Gasteiger partial charge in [0.2, 0.25) is 5.91 Å². The first-order valence-corrected chi connectivity index (χ1v) is 12.5. The monoisotopic (exact) mass is 511 g/mol. The number of hydrogen-bond acceptors (Lipinski definition) is 4. The molecule has 1 fully saturated rings. The number of aryl methyl sites for hydroxylation is 1. The first-order chi connectivity index (χ1) is 17.9. The van der Waals surface area contributed by atoms with Gasteiger partial charge in [-0.25, -0.2) is 0 Å². The predicted molar refractivity (Wildman–Crippen MR) is 150 cm³/mol. The summed E-state index contributed by atoms with van der Waals surface area (Å²) in [5, 5.41) is 6.98. The number of carbonyl (C=O) groups excluding carboxylic acids is 1. The van der Waals surface area contributed by atoms with Crippen LogP contribution in [0.15, 0.2) is 79.0 Å². The third-order valence-electron chi connectivity index (χ3n) is 6.68. The summed E-state index contributed by atoms with van der Waals surface area (Å²) < 4.78 is 7.60. The van der Waals surface area contributed by atoms with Crippen LogP contribution in [0.3, 0.4) is 0 Å². The Bertz CT molecular complexity index is 1430. The number of ether oxygens (including phenoxy) is 1. The van der Waals surface area contributed by atoms with Gasteiger partial charge in [0.15, 0.2) is 5.11 Å². The summed E-state index contributed by atoms with van der Waals surface area (Å²) >= 11 is 5.88. The number of amides is 1. The molecule has 1 aliphatic heterocycles. The fraction of sp³-hybridized carbons (Fsp3) is 0.207. The number of benzene rings is 2. The Kier molecular flexibility index (Phi) is 6.67. The quantitative estimate of drug-likeness (QED) is 0.327. The molecule has 0 saturated carbocycles. The Labute approximate surface area is 222 Å². The largest absolute Gasteiger partial charge is 0.497 e. The van der Waals surface area contributed by atoms with Crippen molar-refractivity contribution in [3.05, 3.63) is 102 Å². The molecule has 0 unspecified atom stereocenters. The summed E-state index contributed by atoms with van der Waals surface area (Å²) in [7, 11) is 1.67. The van der Waals surface area contributed by atoms with Gasteiger partial charge in [0, 0.05) is 41.6 Å². The molecule has 4 aromatic rings. The van der Waals surface area contributed by atoms with Crippen LogP contribution in [0, 0.1) is 13.8 Å². The van der Waals surface area contributed by atoms with Crippen LogP contribution < -0.4 is 20.3 Å². The van der Waals surface area contributed by atoms with Crippen molar-refractivity contribution in [3.63, 3.8) is 0 Å². The second kappa shape index (κ2) is 10.1. The van der Waals surface area contributed by atoms with Crippen LogP contribution in [-0.4, -0.2) is 27.7 Å².